The number of nitrogens with one attached hydrogen (secondary N) is 1. The molecule has 144 valence electrons. The van der Waals surface area contributed by atoms with E-state index in [-0.39, 0.29) is 11.3 Å². The van der Waals surface area contributed by atoms with Gasteiger partial charge in [0.1, 0.15) is 0 Å². The van der Waals surface area contributed by atoms with E-state index in [1.54, 1.807) is 0 Å². The summed E-state index contributed by atoms with van der Waals surface area (Å²) in [6.45, 7) is 9.66. The Balaban J connectivity index is 1.62. The van der Waals surface area contributed by atoms with Crippen molar-refractivity contribution < 1.29 is 9.53 Å². The predicted octanol–water partition coefficient (Wildman–Crippen LogP) is 4.53. The highest BCUT2D eigenvalue weighted by Gasteiger charge is 2.22. The van der Waals surface area contributed by atoms with E-state index in [0.29, 0.717) is 6.42 Å². The van der Waals surface area contributed by atoms with Gasteiger partial charge in [-0.25, -0.2) is 0 Å². The molecule has 0 aromatic heterocycles. The van der Waals surface area contributed by atoms with Gasteiger partial charge in [0.15, 0.2) is 0 Å². The second-order valence-electron chi connectivity index (χ2n) is 7.91. The molecule has 0 saturated carbocycles. The molecule has 2 aromatic rings. The monoisotopic (exact) mass is 366 g/mol. The molecular weight excluding hydrogens is 336 g/mol. The third-order valence-electron chi connectivity index (χ3n) is 5.34. The SMILES string of the molecule is Cc1ccc(C(C)(C)CCC(=O)Nc2ccccc2N2CCOCC2)cc1. The number of rotatable bonds is 6. The molecule has 1 fully saturated rings. The van der Waals surface area contributed by atoms with Gasteiger partial charge in [-0.2, -0.15) is 0 Å². The van der Waals surface area contributed by atoms with Gasteiger partial charge in [-0.15, -0.1) is 0 Å². The Kier molecular flexibility index (Phi) is 6.17. The van der Waals surface area contributed by atoms with Crippen LogP contribution in [-0.4, -0.2) is 32.2 Å². The van der Waals surface area contributed by atoms with Crippen LogP contribution in [0.25, 0.3) is 0 Å². The molecule has 0 radical (unpaired) electrons. The van der Waals surface area contributed by atoms with Gasteiger partial charge < -0.3 is 15.0 Å². The first-order valence-electron chi connectivity index (χ1n) is 9.74. The van der Waals surface area contributed by atoms with Crippen LogP contribution >= 0.6 is 0 Å². The van der Waals surface area contributed by atoms with E-state index in [0.717, 1.165) is 44.1 Å². The van der Waals surface area contributed by atoms with Crippen LogP contribution < -0.4 is 10.2 Å². The molecule has 0 aliphatic carbocycles. The largest absolute Gasteiger partial charge is 0.378 e. The minimum Gasteiger partial charge on any atom is -0.378 e. The number of ether oxygens (including phenoxy) is 1. The average Bonchev–Trinajstić information content (AvgIpc) is 2.68. The molecule has 1 aliphatic heterocycles. The maximum atomic E-state index is 12.6. The van der Waals surface area contributed by atoms with Crippen LogP contribution in [-0.2, 0) is 14.9 Å². The van der Waals surface area contributed by atoms with E-state index < -0.39 is 0 Å². The average molecular weight is 367 g/mol. The summed E-state index contributed by atoms with van der Waals surface area (Å²) < 4.78 is 5.44. The van der Waals surface area contributed by atoms with Crippen LogP contribution in [0.1, 0.15) is 37.8 Å². The number of morpholine rings is 1. The number of carbonyl (C=O) groups excluding carboxylic acids is 1. The van der Waals surface area contributed by atoms with E-state index in [1.807, 2.05) is 18.2 Å². The lowest BCUT2D eigenvalue weighted by Gasteiger charge is -2.30. The molecule has 1 amide bonds. The zero-order valence-electron chi connectivity index (χ0n) is 16.6. The van der Waals surface area contributed by atoms with Crippen molar-refractivity contribution in [1.82, 2.24) is 0 Å². The lowest BCUT2D eigenvalue weighted by molar-refractivity contribution is -0.116. The summed E-state index contributed by atoms with van der Waals surface area (Å²) in [5.41, 5.74) is 4.46. The number of amides is 1. The standard InChI is InChI=1S/C23H30N2O2/c1-18-8-10-19(11-9-18)23(2,3)13-12-22(26)24-20-6-4-5-7-21(20)25-14-16-27-17-15-25/h4-11H,12-17H2,1-3H3,(H,24,26). The predicted molar refractivity (Wildman–Crippen MR) is 112 cm³/mol. The van der Waals surface area contributed by atoms with Crippen LogP contribution in [0.4, 0.5) is 11.4 Å². The number of hydrogen-bond acceptors (Lipinski definition) is 3. The molecule has 4 heteroatoms. The molecule has 0 bridgehead atoms. The van der Waals surface area contributed by atoms with Crippen molar-refractivity contribution in [3.63, 3.8) is 0 Å². The molecular formula is C23H30N2O2. The Hall–Kier alpha value is -2.33. The van der Waals surface area contributed by atoms with Crippen molar-refractivity contribution in [3.8, 4) is 0 Å². The Labute approximate surface area is 162 Å². The number of nitrogens with zero attached hydrogens (tertiary/aromatic N) is 1. The van der Waals surface area contributed by atoms with Gasteiger partial charge in [-0.05, 0) is 36.5 Å². The molecule has 0 unspecified atom stereocenters. The molecule has 27 heavy (non-hydrogen) atoms. The summed E-state index contributed by atoms with van der Waals surface area (Å²) in [5.74, 6) is 0.0656. The van der Waals surface area contributed by atoms with Crippen molar-refractivity contribution in [2.45, 2.75) is 39.0 Å². The van der Waals surface area contributed by atoms with E-state index in [4.69, 9.17) is 4.74 Å². The number of carbonyl (C=O) groups is 1. The van der Waals surface area contributed by atoms with Crippen molar-refractivity contribution in [1.29, 1.82) is 0 Å². The highest BCUT2D eigenvalue weighted by atomic mass is 16.5. The minimum atomic E-state index is -0.0330. The summed E-state index contributed by atoms with van der Waals surface area (Å²) in [7, 11) is 0. The molecule has 2 aromatic carbocycles. The van der Waals surface area contributed by atoms with Crippen LogP contribution in [0.2, 0.25) is 0 Å². The normalized spacial score (nSPS) is 14.9. The molecule has 0 atom stereocenters. The van der Waals surface area contributed by atoms with Gasteiger partial charge >= 0.3 is 0 Å². The molecule has 1 heterocycles. The minimum absolute atomic E-state index is 0.0330. The topological polar surface area (TPSA) is 41.6 Å². The van der Waals surface area contributed by atoms with E-state index in [2.05, 4.69) is 61.3 Å². The molecule has 4 nitrogen and oxygen atoms in total. The van der Waals surface area contributed by atoms with Crippen molar-refractivity contribution in [2.24, 2.45) is 0 Å². The van der Waals surface area contributed by atoms with Gasteiger partial charge in [-0.1, -0.05) is 55.8 Å². The maximum absolute atomic E-state index is 12.6. The first-order valence-corrected chi connectivity index (χ1v) is 9.74. The van der Waals surface area contributed by atoms with E-state index in [1.165, 1.54) is 11.1 Å². The van der Waals surface area contributed by atoms with Gasteiger partial charge in [0.2, 0.25) is 5.91 Å². The molecule has 1 saturated heterocycles. The van der Waals surface area contributed by atoms with Gasteiger partial charge in [0, 0.05) is 19.5 Å². The fraction of sp³-hybridized carbons (Fsp3) is 0.435. The van der Waals surface area contributed by atoms with Gasteiger partial charge in [0.25, 0.3) is 0 Å². The molecule has 3 rings (SSSR count). The highest BCUT2D eigenvalue weighted by molar-refractivity contribution is 5.94. The second kappa shape index (κ2) is 8.57. The lowest BCUT2D eigenvalue weighted by atomic mass is 9.80. The van der Waals surface area contributed by atoms with Crippen LogP contribution in [0.3, 0.4) is 0 Å². The number of aryl methyl sites for hydroxylation is 1. The summed E-state index contributed by atoms with van der Waals surface area (Å²) >= 11 is 0. The third-order valence-corrected chi connectivity index (χ3v) is 5.34. The third kappa shape index (κ3) is 5.10. The molecule has 1 aliphatic rings. The van der Waals surface area contributed by atoms with Gasteiger partial charge in [-0.3, -0.25) is 4.79 Å². The van der Waals surface area contributed by atoms with Crippen LogP contribution in [0.15, 0.2) is 48.5 Å². The number of hydrogen-bond donors (Lipinski definition) is 1. The summed E-state index contributed by atoms with van der Waals surface area (Å²) in [4.78, 5) is 14.9. The Bertz CT molecular complexity index is 762. The Morgan fingerprint density at radius 2 is 1.74 bits per heavy atom. The second-order valence-corrected chi connectivity index (χ2v) is 7.91. The van der Waals surface area contributed by atoms with Crippen molar-refractivity contribution >= 4 is 17.3 Å². The maximum Gasteiger partial charge on any atom is 0.224 e. The molecule has 1 N–H and O–H groups in total. The number of anilines is 2. The summed E-state index contributed by atoms with van der Waals surface area (Å²) in [6, 6.07) is 16.6. The Morgan fingerprint density at radius 3 is 2.44 bits per heavy atom. The number of para-hydroxylation sites is 2. The summed E-state index contributed by atoms with van der Waals surface area (Å²) in [5, 5.41) is 3.12. The molecule has 0 spiro atoms. The fourth-order valence-corrected chi connectivity index (χ4v) is 3.45. The van der Waals surface area contributed by atoms with Crippen LogP contribution in [0, 0.1) is 6.92 Å². The van der Waals surface area contributed by atoms with E-state index >= 15 is 0 Å². The highest BCUT2D eigenvalue weighted by Crippen LogP contribution is 2.30. The fourth-order valence-electron chi connectivity index (χ4n) is 3.45. The zero-order chi connectivity index (χ0) is 19.3. The first-order chi connectivity index (χ1) is 13.0. The summed E-state index contributed by atoms with van der Waals surface area (Å²) in [6.07, 6.45) is 1.31. The zero-order valence-corrected chi connectivity index (χ0v) is 16.6. The smallest absolute Gasteiger partial charge is 0.224 e. The van der Waals surface area contributed by atoms with Crippen LogP contribution in [0.5, 0.6) is 0 Å². The Morgan fingerprint density at radius 1 is 1.07 bits per heavy atom. The number of benzene rings is 2. The lowest BCUT2D eigenvalue weighted by Crippen LogP contribution is -2.36. The van der Waals surface area contributed by atoms with Crippen molar-refractivity contribution in [3.05, 3.63) is 59.7 Å². The van der Waals surface area contributed by atoms with E-state index in [9.17, 15) is 4.79 Å². The van der Waals surface area contributed by atoms with Gasteiger partial charge in [0.05, 0.1) is 24.6 Å². The first kappa shape index (κ1) is 19.4. The van der Waals surface area contributed by atoms with Crippen molar-refractivity contribution in [2.75, 3.05) is 36.5 Å². The quantitative estimate of drug-likeness (QED) is 0.817.